The van der Waals surface area contributed by atoms with Gasteiger partial charge in [0.05, 0.1) is 0 Å². The third-order valence-corrected chi connectivity index (χ3v) is 3.59. The lowest BCUT2D eigenvalue weighted by atomic mass is 9.86. The lowest BCUT2D eigenvalue weighted by Gasteiger charge is -2.19. The Bertz CT molecular complexity index is 222. The van der Waals surface area contributed by atoms with Gasteiger partial charge in [0.15, 0.2) is 0 Å². The Morgan fingerprint density at radius 1 is 1.42 bits per heavy atom. The Morgan fingerprint density at radius 2 is 2.25 bits per heavy atom. The highest BCUT2D eigenvalue weighted by molar-refractivity contribution is 5.23. The van der Waals surface area contributed by atoms with E-state index in [2.05, 4.69) is 32.1 Å². The van der Waals surface area contributed by atoms with E-state index in [0.717, 1.165) is 17.8 Å². The van der Waals surface area contributed by atoms with Gasteiger partial charge in [-0.05, 0) is 37.5 Å². The van der Waals surface area contributed by atoms with Crippen molar-refractivity contribution in [1.29, 1.82) is 0 Å². The molecule has 0 radical (unpaired) electrons. The molecule has 12 heavy (non-hydrogen) atoms. The van der Waals surface area contributed by atoms with Crippen LogP contribution in [-0.2, 0) is 0 Å². The first-order valence-corrected chi connectivity index (χ1v) is 5.16. The summed E-state index contributed by atoms with van der Waals surface area (Å²) in [5, 5.41) is 0. The van der Waals surface area contributed by atoms with Crippen LogP contribution in [0.25, 0.3) is 0 Å². The Hall–Kier alpha value is -0.520. The van der Waals surface area contributed by atoms with Gasteiger partial charge in [0, 0.05) is 0 Å². The van der Waals surface area contributed by atoms with Crippen LogP contribution in [0.2, 0.25) is 0 Å². The summed E-state index contributed by atoms with van der Waals surface area (Å²) in [5.41, 5.74) is 1.61. The Kier molecular flexibility index (Phi) is 2.08. The average molecular weight is 162 g/mol. The minimum Gasteiger partial charge on any atom is -0.0808 e. The van der Waals surface area contributed by atoms with Crippen LogP contribution < -0.4 is 0 Å². The zero-order chi connectivity index (χ0) is 8.55. The van der Waals surface area contributed by atoms with Gasteiger partial charge in [-0.15, -0.1) is 0 Å². The molecule has 0 heteroatoms. The fourth-order valence-corrected chi connectivity index (χ4v) is 2.72. The van der Waals surface area contributed by atoms with Crippen LogP contribution in [-0.4, -0.2) is 0 Å². The van der Waals surface area contributed by atoms with E-state index < -0.39 is 0 Å². The first-order valence-electron chi connectivity index (χ1n) is 5.16. The molecule has 0 bridgehead atoms. The molecule has 3 unspecified atom stereocenters. The molecule has 0 N–H and O–H groups in total. The van der Waals surface area contributed by atoms with E-state index in [4.69, 9.17) is 0 Å². The van der Waals surface area contributed by atoms with E-state index in [1.54, 1.807) is 5.57 Å². The second kappa shape index (κ2) is 3.08. The van der Waals surface area contributed by atoms with Gasteiger partial charge in [-0.25, -0.2) is 0 Å². The second-order valence-electron chi connectivity index (χ2n) is 4.31. The topological polar surface area (TPSA) is 0 Å². The quantitative estimate of drug-likeness (QED) is 0.553. The molecule has 3 atom stereocenters. The number of rotatable bonds is 1. The lowest BCUT2D eigenvalue weighted by molar-refractivity contribution is 0.508. The number of fused-ring (bicyclic) bond motifs is 1. The summed E-state index contributed by atoms with van der Waals surface area (Å²) in [7, 11) is 0. The molecule has 0 aliphatic heterocycles. The summed E-state index contributed by atoms with van der Waals surface area (Å²) in [6.07, 6.45) is 11.2. The Morgan fingerprint density at radius 3 is 2.92 bits per heavy atom. The average Bonchev–Trinajstić information content (AvgIpc) is 2.49. The van der Waals surface area contributed by atoms with Gasteiger partial charge in [-0.2, -0.15) is 0 Å². The van der Waals surface area contributed by atoms with Gasteiger partial charge >= 0.3 is 0 Å². The second-order valence-corrected chi connectivity index (χ2v) is 4.31. The zero-order valence-electron chi connectivity index (χ0n) is 8.09. The van der Waals surface area contributed by atoms with Crippen molar-refractivity contribution in [3.05, 3.63) is 23.8 Å². The van der Waals surface area contributed by atoms with Crippen LogP contribution in [0.1, 0.15) is 33.1 Å². The normalized spacial score (nSPS) is 39.5. The van der Waals surface area contributed by atoms with Crippen LogP contribution in [0.15, 0.2) is 23.8 Å². The van der Waals surface area contributed by atoms with E-state index in [1.165, 1.54) is 19.3 Å². The molecule has 0 spiro atoms. The maximum atomic E-state index is 2.41. The summed E-state index contributed by atoms with van der Waals surface area (Å²) in [5.74, 6) is 2.76. The zero-order valence-corrected chi connectivity index (χ0v) is 8.09. The van der Waals surface area contributed by atoms with Crippen molar-refractivity contribution in [2.24, 2.45) is 17.8 Å². The van der Waals surface area contributed by atoms with Crippen molar-refractivity contribution in [2.45, 2.75) is 33.1 Å². The lowest BCUT2D eigenvalue weighted by Crippen LogP contribution is -2.08. The summed E-state index contributed by atoms with van der Waals surface area (Å²) >= 11 is 0. The smallest absolute Gasteiger partial charge is 0.0137 e. The van der Waals surface area contributed by atoms with Gasteiger partial charge in [0.25, 0.3) is 0 Å². The van der Waals surface area contributed by atoms with Crippen molar-refractivity contribution in [3.8, 4) is 0 Å². The van der Waals surface area contributed by atoms with Crippen LogP contribution in [0, 0.1) is 17.8 Å². The minimum absolute atomic E-state index is 0.875. The molecule has 0 aromatic heterocycles. The molecule has 2 aliphatic carbocycles. The van der Waals surface area contributed by atoms with Gasteiger partial charge < -0.3 is 0 Å². The van der Waals surface area contributed by atoms with Crippen molar-refractivity contribution in [3.63, 3.8) is 0 Å². The van der Waals surface area contributed by atoms with E-state index in [1.807, 2.05) is 0 Å². The summed E-state index contributed by atoms with van der Waals surface area (Å²) < 4.78 is 0. The highest BCUT2D eigenvalue weighted by Gasteiger charge is 2.33. The number of hydrogen-bond donors (Lipinski definition) is 0. The van der Waals surface area contributed by atoms with Crippen molar-refractivity contribution in [2.75, 3.05) is 0 Å². The third-order valence-electron chi connectivity index (χ3n) is 3.59. The first-order chi connectivity index (χ1) is 5.81. The molecular formula is C12H18. The Labute approximate surface area is 75.4 Å². The van der Waals surface area contributed by atoms with E-state index in [9.17, 15) is 0 Å². The van der Waals surface area contributed by atoms with Crippen LogP contribution in [0.3, 0.4) is 0 Å². The third kappa shape index (κ3) is 1.24. The predicted molar refractivity (Wildman–Crippen MR) is 52.9 cm³/mol. The van der Waals surface area contributed by atoms with Crippen LogP contribution in [0.4, 0.5) is 0 Å². The largest absolute Gasteiger partial charge is 0.0808 e. The number of allylic oxidation sites excluding steroid dienone is 4. The predicted octanol–water partition coefficient (Wildman–Crippen LogP) is 3.55. The number of hydrogen-bond acceptors (Lipinski definition) is 0. The maximum absolute atomic E-state index is 2.41. The maximum Gasteiger partial charge on any atom is -0.0137 e. The molecule has 0 saturated heterocycles. The highest BCUT2D eigenvalue weighted by atomic mass is 14.4. The molecule has 0 aromatic rings. The summed E-state index contributed by atoms with van der Waals surface area (Å²) in [4.78, 5) is 0. The molecule has 1 saturated carbocycles. The molecule has 0 nitrogen and oxygen atoms in total. The van der Waals surface area contributed by atoms with Gasteiger partial charge in [-0.3, -0.25) is 0 Å². The van der Waals surface area contributed by atoms with Crippen molar-refractivity contribution >= 4 is 0 Å². The van der Waals surface area contributed by atoms with Crippen molar-refractivity contribution < 1.29 is 0 Å². The molecule has 0 aromatic carbocycles. The van der Waals surface area contributed by atoms with Crippen LogP contribution >= 0.6 is 0 Å². The standard InChI is InChI=1S/C12H18/c1-3-10-7-11-6-4-5-9(2)12(11)8-10/h4-6,10-12H,3,7-8H2,1-2H3. The summed E-state index contributed by atoms with van der Waals surface area (Å²) in [6, 6.07) is 0. The summed E-state index contributed by atoms with van der Waals surface area (Å²) in [6.45, 7) is 4.62. The molecule has 1 fully saturated rings. The SMILES string of the molecule is CCC1CC2C=CC=C(C)C2C1. The van der Waals surface area contributed by atoms with Gasteiger partial charge in [0.2, 0.25) is 0 Å². The molecule has 2 aliphatic rings. The van der Waals surface area contributed by atoms with Gasteiger partial charge in [0.1, 0.15) is 0 Å². The molecule has 0 heterocycles. The first kappa shape index (κ1) is 8.10. The van der Waals surface area contributed by atoms with E-state index in [0.29, 0.717) is 0 Å². The fourth-order valence-electron chi connectivity index (χ4n) is 2.72. The molecule has 2 rings (SSSR count). The monoisotopic (exact) mass is 162 g/mol. The van der Waals surface area contributed by atoms with Crippen LogP contribution in [0.5, 0.6) is 0 Å². The van der Waals surface area contributed by atoms with E-state index in [-0.39, 0.29) is 0 Å². The molecule has 66 valence electrons. The fraction of sp³-hybridized carbons (Fsp3) is 0.667. The molecule has 0 amide bonds. The Balaban J connectivity index is 2.12. The van der Waals surface area contributed by atoms with Gasteiger partial charge in [-0.1, -0.05) is 37.1 Å². The highest BCUT2D eigenvalue weighted by Crippen LogP contribution is 2.44. The van der Waals surface area contributed by atoms with Crippen molar-refractivity contribution in [1.82, 2.24) is 0 Å². The minimum atomic E-state index is 0.875. The van der Waals surface area contributed by atoms with E-state index >= 15 is 0 Å². The molecular weight excluding hydrogens is 144 g/mol.